The monoisotopic (exact) mass is 436 g/mol. The molecule has 0 aliphatic carbocycles. The molecule has 2 aliphatic heterocycles. The summed E-state index contributed by atoms with van der Waals surface area (Å²) in [7, 11) is -3.57. The van der Waals surface area contributed by atoms with Crippen LogP contribution in [0.4, 0.5) is 5.69 Å². The average Bonchev–Trinajstić information content (AvgIpc) is 3.44. The molecule has 2 saturated heterocycles. The molecule has 1 atom stereocenters. The molecule has 4 rings (SSSR count). The lowest BCUT2D eigenvalue weighted by Gasteiger charge is -2.34. The zero-order valence-electron chi connectivity index (χ0n) is 16.0. The van der Waals surface area contributed by atoms with Gasteiger partial charge in [0, 0.05) is 24.7 Å². The Morgan fingerprint density at radius 3 is 2.62 bits per heavy atom. The van der Waals surface area contributed by atoms with E-state index in [0.29, 0.717) is 25.4 Å². The fourth-order valence-corrected chi connectivity index (χ4v) is 5.76. The summed E-state index contributed by atoms with van der Waals surface area (Å²) in [6, 6.07) is 10.2. The summed E-state index contributed by atoms with van der Waals surface area (Å²) >= 11 is 1.17. The molecule has 156 valence electrons. The fraction of sp³-hybridized carbons (Fsp3) is 0.450. The maximum absolute atomic E-state index is 12.7. The molecule has 0 radical (unpaired) electrons. The highest BCUT2D eigenvalue weighted by molar-refractivity contribution is 7.94. The van der Waals surface area contributed by atoms with Gasteiger partial charge < -0.3 is 14.4 Å². The molecule has 1 N–H and O–H groups in total. The molecule has 0 bridgehead atoms. The van der Waals surface area contributed by atoms with Crippen molar-refractivity contribution in [2.24, 2.45) is 5.92 Å². The number of amides is 1. The predicted molar refractivity (Wildman–Crippen MR) is 110 cm³/mol. The molecular weight excluding hydrogens is 412 g/mol. The summed E-state index contributed by atoms with van der Waals surface area (Å²) in [4.78, 5) is 14.6. The highest BCUT2D eigenvalue weighted by Gasteiger charge is 2.32. The van der Waals surface area contributed by atoms with Gasteiger partial charge in [0.15, 0.2) is 6.29 Å². The minimum atomic E-state index is -3.57. The van der Waals surface area contributed by atoms with Gasteiger partial charge in [-0.05, 0) is 42.0 Å². The summed E-state index contributed by atoms with van der Waals surface area (Å²) in [5.74, 6) is 0.295. The first-order valence-corrected chi connectivity index (χ1v) is 12.0. The largest absolute Gasteiger partial charge is 0.350 e. The maximum atomic E-state index is 12.7. The van der Waals surface area contributed by atoms with Crippen molar-refractivity contribution in [2.45, 2.75) is 29.8 Å². The predicted octanol–water partition coefficient (Wildman–Crippen LogP) is 2.70. The topological polar surface area (TPSA) is 84.9 Å². The Balaban J connectivity index is 1.34. The molecule has 0 saturated carbocycles. The molecule has 1 unspecified atom stereocenters. The van der Waals surface area contributed by atoms with E-state index in [-0.39, 0.29) is 28.7 Å². The van der Waals surface area contributed by atoms with Gasteiger partial charge in [-0.25, -0.2) is 8.42 Å². The number of thiophene rings is 1. The number of nitrogens with one attached hydrogen (secondary N) is 1. The second kappa shape index (κ2) is 8.83. The number of carbonyl (C=O) groups is 1. The van der Waals surface area contributed by atoms with E-state index in [2.05, 4.69) is 4.72 Å². The van der Waals surface area contributed by atoms with E-state index in [9.17, 15) is 13.2 Å². The summed E-state index contributed by atoms with van der Waals surface area (Å²) in [6.45, 7) is 2.65. The molecule has 2 aromatic rings. The van der Waals surface area contributed by atoms with Crippen molar-refractivity contribution in [3.05, 3.63) is 47.3 Å². The lowest BCUT2D eigenvalue weighted by atomic mass is 9.96. The standard InChI is InChI=1S/C20H24N2O5S2/c23-18(22-9-1-3-16(14-22)20-26-10-11-27-20)13-15-5-7-17(8-6-15)21-29(24,25)19-4-2-12-28-19/h2,4-8,12,16,20-21H,1,3,9-11,13-14H2. The van der Waals surface area contributed by atoms with Gasteiger partial charge in [-0.3, -0.25) is 9.52 Å². The molecule has 3 heterocycles. The number of rotatable bonds is 6. The first-order valence-electron chi connectivity index (χ1n) is 9.67. The van der Waals surface area contributed by atoms with Crippen LogP contribution in [0.25, 0.3) is 0 Å². The third-order valence-electron chi connectivity index (χ3n) is 5.16. The second-order valence-electron chi connectivity index (χ2n) is 7.26. The highest BCUT2D eigenvalue weighted by Crippen LogP contribution is 2.26. The molecule has 1 amide bonds. The molecule has 0 spiro atoms. The van der Waals surface area contributed by atoms with E-state index < -0.39 is 10.0 Å². The number of anilines is 1. The normalized spacial score (nSPS) is 20.7. The molecule has 1 aromatic carbocycles. The van der Waals surface area contributed by atoms with Gasteiger partial charge in [0.1, 0.15) is 4.21 Å². The van der Waals surface area contributed by atoms with Gasteiger partial charge in [-0.2, -0.15) is 0 Å². The Morgan fingerprint density at radius 1 is 1.17 bits per heavy atom. The molecule has 29 heavy (non-hydrogen) atoms. The Labute approximate surface area is 174 Å². The Bertz CT molecular complexity index is 922. The first kappa shape index (κ1) is 20.3. The Hall–Kier alpha value is -1.94. The van der Waals surface area contributed by atoms with Gasteiger partial charge in [0.25, 0.3) is 10.0 Å². The van der Waals surface area contributed by atoms with Gasteiger partial charge in [0.05, 0.1) is 19.6 Å². The lowest BCUT2D eigenvalue weighted by Crippen LogP contribution is -2.44. The van der Waals surface area contributed by atoms with Crippen molar-refractivity contribution in [2.75, 3.05) is 31.0 Å². The Morgan fingerprint density at radius 2 is 1.93 bits per heavy atom. The van der Waals surface area contributed by atoms with Crippen molar-refractivity contribution in [1.29, 1.82) is 0 Å². The smallest absolute Gasteiger partial charge is 0.271 e. The van der Waals surface area contributed by atoms with Gasteiger partial charge in [0.2, 0.25) is 5.91 Å². The van der Waals surface area contributed by atoms with Crippen LogP contribution in [-0.4, -0.2) is 51.8 Å². The fourth-order valence-electron chi connectivity index (χ4n) is 3.71. The van der Waals surface area contributed by atoms with Crippen LogP contribution < -0.4 is 4.72 Å². The Kier molecular flexibility index (Phi) is 6.19. The van der Waals surface area contributed by atoms with Crippen LogP contribution in [0.15, 0.2) is 46.0 Å². The number of carbonyl (C=O) groups excluding carboxylic acids is 1. The quantitative estimate of drug-likeness (QED) is 0.753. The van der Waals surface area contributed by atoms with Crippen LogP contribution in [0.2, 0.25) is 0 Å². The molecular formula is C20H24N2O5S2. The van der Waals surface area contributed by atoms with Crippen LogP contribution in [0.1, 0.15) is 18.4 Å². The first-order chi connectivity index (χ1) is 14.0. The lowest BCUT2D eigenvalue weighted by molar-refractivity contribution is -0.138. The van der Waals surface area contributed by atoms with Crippen LogP contribution in [0.3, 0.4) is 0 Å². The highest BCUT2D eigenvalue weighted by atomic mass is 32.2. The van der Waals surface area contributed by atoms with Gasteiger partial charge in [-0.1, -0.05) is 18.2 Å². The second-order valence-corrected chi connectivity index (χ2v) is 10.1. The molecule has 7 nitrogen and oxygen atoms in total. The number of hydrogen-bond acceptors (Lipinski definition) is 6. The third-order valence-corrected chi connectivity index (χ3v) is 7.94. The number of likely N-dealkylation sites (tertiary alicyclic amines) is 1. The number of piperidine rings is 1. The van der Waals surface area contributed by atoms with Crippen LogP contribution in [0.5, 0.6) is 0 Å². The van der Waals surface area contributed by atoms with E-state index in [1.54, 1.807) is 41.8 Å². The summed E-state index contributed by atoms with van der Waals surface area (Å²) in [5.41, 5.74) is 1.33. The van der Waals surface area contributed by atoms with Crippen LogP contribution >= 0.6 is 11.3 Å². The molecule has 9 heteroatoms. The van der Waals surface area contributed by atoms with Gasteiger partial charge in [-0.15, -0.1) is 11.3 Å². The van der Waals surface area contributed by atoms with E-state index in [0.717, 1.165) is 24.9 Å². The van der Waals surface area contributed by atoms with Crippen molar-refractivity contribution in [3.63, 3.8) is 0 Å². The number of nitrogens with zero attached hydrogens (tertiary/aromatic N) is 1. The zero-order chi connectivity index (χ0) is 20.3. The number of benzene rings is 1. The molecule has 2 aliphatic rings. The third kappa shape index (κ3) is 4.98. The molecule has 2 fully saturated rings. The van der Waals surface area contributed by atoms with E-state index >= 15 is 0 Å². The number of sulfonamides is 1. The maximum Gasteiger partial charge on any atom is 0.271 e. The molecule has 1 aromatic heterocycles. The van der Waals surface area contributed by atoms with Crippen molar-refractivity contribution in [3.8, 4) is 0 Å². The SMILES string of the molecule is O=C(Cc1ccc(NS(=O)(=O)c2cccs2)cc1)N1CCCC(C2OCCO2)C1. The van der Waals surface area contributed by atoms with E-state index in [4.69, 9.17) is 9.47 Å². The van der Waals surface area contributed by atoms with Gasteiger partial charge >= 0.3 is 0 Å². The summed E-state index contributed by atoms with van der Waals surface area (Å²) in [5, 5.41) is 1.72. The van der Waals surface area contributed by atoms with Crippen molar-refractivity contribution >= 4 is 33.0 Å². The minimum absolute atomic E-state index is 0.0691. The zero-order valence-corrected chi connectivity index (χ0v) is 17.6. The number of ether oxygens (including phenoxy) is 2. The average molecular weight is 437 g/mol. The number of hydrogen-bond donors (Lipinski definition) is 1. The van der Waals surface area contributed by atoms with Crippen LogP contribution in [-0.2, 0) is 30.7 Å². The minimum Gasteiger partial charge on any atom is -0.350 e. The van der Waals surface area contributed by atoms with Crippen molar-refractivity contribution in [1.82, 2.24) is 4.90 Å². The van der Waals surface area contributed by atoms with E-state index in [1.165, 1.54) is 11.3 Å². The summed E-state index contributed by atoms with van der Waals surface area (Å²) < 4.78 is 38.6. The summed E-state index contributed by atoms with van der Waals surface area (Å²) in [6.07, 6.45) is 2.05. The van der Waals surface area contributed by atoms with E-state index in [1.807, 2.05) is 4.90 Å². The van der Waals surface area contributed by atoms with Crippen LogP contribution in [0, 0.1) is 5.92 Å². The van der Waals surface area contributed by atoms with Crippen molar-refractivity contribution < 1.29 is 22.7 Å².